The summed E-state index contributed by atoms with van der Waals surface area (Å²) in [7, 11) is 0. The van der Waals surface area contributed by atoms with Crippen LogP contribution in [-0.2, 0) is 0 Å². The molecule has 4 nitrogen and oxygen atoms in total. The first-order chi connectivity index (χ1) is 9.20. The fraction of sp³-hybridized carbons (Fsp3) is 0.200. The van der Waals surface area contributed by atoms with Gasteiger partial charge in [0, 0.05) is 18.2 Å². The molecule has 0 radical (unpaired) electrons. The smallest absolute Gasteiger partial charge is 0.216 e. The number of hydrogen-bond acceptors (Lipinski definition) is 3. The van der Waals surface area contributed by atoms with Crippen LogP contribution in [0.5, 0.6) is 5.75 Å². The number of rotatable bonds is 6. The molecule has 1 N–H and O–H groups in total. The second kappa shape index (κ2) is 6.00. The zero-order chi connectivity index (χ0) is 13.7. The Kier molecular flexibility index (Phi) is 4.13. The van der Waals surface area contributed by atoms with Gasteiger partial charge in [-0.1, -0.05) is 6.92 Å². The second-order valence-electron chi connectivity index (χ2n) is 4.10. The molecule has 0 aliphatic rings. The second-order valence-corrected chi connectivity index (χ2v) is 4.10. The Hall–Kier alpha value is -2.36. The summed E-state index contributed by atoms with van der Waals surface area (Å²) in [6, 6.07) is 10.3. The van der Waals surface area contributed by atoms with Gasteiger partial charge in [0.25, 0.3) is 0 Å². The molecule has 0 amide bonds. The minimum Gasteiger partial charge on any atom is -0.485 e. The van der Waals surface area contributed by atoms with Crippen molar-refractivity contribution in [3.8, 4) is 5.75 Å². The molecule has 98 valence electrons. The highest BCUT2D eigenvalue weighted by Crippen LogP contribution is 2.13. The molecule has 2 rings (SSSR count). The van der Waals surface area contributed by atoms with E-state index in [2.05, 4.69) is 4.98 Å². The number of aromatic amines is 1. The maximum Gasteiger partial charge on any atom is 0.216 e. The fourth-order valence-electron chi connectivity index (χ4n) is 1.67. The van der Waals surface area contributed by atoms with Crippen LogP contribution in [0, 0.1) is 0 Å². The molecule has 0 saturated heterocycles. The number of Topliss-reactive ketones (excluding diaryl/α,β-unsaturated/α-hetero) is 2. The van der Waals surface area contributed by atoms with Gasteiger partial charge in [-0.3, -0.25) is 9.59 Å². The molecule has 0 saturated carbocycles. The lowest BCUT2D eigenvalue weighted by atomic mass is 10.1. The monoisotopic (exact) mass is 257 g/mol. The number of aromatic nitrogens is 1. The number of benzene rings is 1. The largest absolute Gasteiger partial charge is 0.485 e. The quantitative estimate of drug-likeness (QED) is 0.809. The Morgan fingerprint density at radius 1 is 1.11 bits per heavy atom. The Bertz CT molecular complexity index is 556. The van der Waals surface area contributed by atoms with Crippen molar-refractivity contribution in [1.82, 2.24) is 4.98 Å². The van der Waals surface area contributed by atoms with Crippen LogP contribution in [-0.4, -0.2) is 23.2 Å². The number of nitrogens with one attached hydrogen (secondary N) is 1. The molecule has 4 heteroatoms. The van der Waals surface area contributed by atoms with Crippen molar-refractivity contribution in [2.75, 3.05) is 6.61 Å². The Morgan fingerprint density at radius 2 is 1.84 bits per heavy atom. The van der Waals surface area contributed by atoms with Gasteiger partial charge >= 0.3 is 0 Å². The maximum atomic E-state index is 11.7. The molecule has 0 fully saturated rings. The molecular formula is C15H15NO3. The molecule has 1 aromatic carbocycles. The van der Waals surface area contributed by atoms with Crippen LogP contribution in [0.1, 0.15) is 34.2 Å². The van der Waals surface area contributed by atoms with Gasteiger partial charge in [0.2, 0.25) is 5.78 Å². The molecule has 1 aromatic heterocycles. The van der Waals surface area contributed by atoms with Crippen LogP contribution in [0.3, 0.4) is 0 Å². The first kappa shape index (κ1) is 13.1. The van der Waals surface area contributed by atoms with Crippen LogP contribution in [0.4, 0.5) is 0 Å². The lowest BCUT2D eigenvalue weighted by Gasteiger charge is -2.05. The topological polar surface area (TPSA) is 59.2 Å². The molecule has 0 bridgehead atoms. The average molecular weight is 257 g/mol. The van der Waals surface area contributed by atoms with Crippen LogP contribution >= 0.6 is 0 Å². The van der Waals surface area contributed by atoms with Crippen LogP contribution in [0.25, 0.3) is 0 Å². The molecule has 19 heavy (non-hydrogen) atoms. The standard InChI is InChI=1S/C15H15NO3/c1-2-14(17)11-5-7-12(8-6-11)19-10-15(18)13-4-3-9-16-13/h3-9,16H,2,10H2,1H3. The van der Waals surface area contributed by atoms with Gasteiger partial charge in [-0.15, -0.1) is 0 Å². The van der Waals surface area contributed by atoms with E-state index >= 15 is 0 Å². The van der Waals surface area contributed by atoms with E-state index in [9.17, 15) is 9.59 Å². The van der Waals surface area contributed by atoms with Crippen LogP contribution < -0.4 is 4.74 Å². The Balaban J connectivity index is 1.93. The summed E-state index contributed by atoms with van der Waals surface area (Å²) in [4.78, 5) is 26.0. The first-order valence-electron chi connectivity index (χ1n) is 6.13. The average Bonchev–Trinajstić information content (AvgIpc) is 2.98. The molecule has 2 aromatic rings. The van der Waals surface area contributed by atoms with Gasteiger partial charge in [-0.25, -0.2) is 0 Å². The predicted octanol–water partition coefficient (Wildman–Crippen LogP) is 2.87. The molecule has 0 atom stereocenters. The fourth-order valence-corrected chi connectivity index (χ4v) is 1.67. The van der Waals surface area contributed by atoms with Gasteiger partial charge in [0.15, 0.2) is 12.4 Å². The van der Waals surface area contributed by atoms with E-state index in [4.69, 9.17) is 4.74 Å². The maximum absolute atomic E-state index is 11.7. The van der Waals surface area contributed by atoms with Crippen LogP contribution in [0.2, 0.25) is 0 Å². The van der Waals surface area contributed by atoms with Gasteiger partial charge in [0.1, 0.15) is 5.75 Å². The molecule has 0 spiro atoms. The zero-order valence-electron chi connectivity index (χ0n) is 10.7. The van der Waals surface area contributed by atoms with E-state index in [1.54, 1.807) is 42.6 Å². The van der Waals surface area contributed by atoms with Gasteiger partial charge < -0.3 is 9.72 Å². The number of carbonyl (C=O) groups is 2. The molecule has 0 unspecified atom stereocenters. The van der Waals surface area contributed by atoms with E-state index in [1.165, 1.54) is 0 Å². The number of ketones is 2. The highest BCUT2D eigenvalue weighted by molar-refractivity contribution is 5.96. The van der Waals surface area contributed by atoms with Crippen molar-refractivity contribution < 1.29 is 14.3 Å². The van der Waals surface area contributed by atoms with E-state index in [1.807, 2.05) is 6.92 Å². The summed E-state index contributed by atoms with van der Waals surface area (Å²) >= 11 is 0. The molecule has 1 heterocycles. The van der Waals surface area contributed by atoms with Crippen molar-refractivity contribution in [3.05, 3.63) is 53.9 Å². The van der Waals surface area contributed by atoms with Gasteiger partial charge in [-0.2, -0.15) is 0 Å². The first-order valence-corrected chi connectivity index (χ1v) is 6.13. The lowest BCUT2D eigenvalue weighted by molar-refractivity contribution is 0.0915. The molecule has 0 aliphatic carbocycles. The highest BCUT2D eigenvalue weighted by Gasteiger charge is 2.08. The zero-order valence-corrected chi connectivity index (χ0v) is 10.7. The van der Waals surface area contributed by atoms with Crippen molar-refractivity contribution >= 4 is 11.6 Å². The lowest BCUT2D eigenvalue weighted by Crippen LogP contribution is -2.11. The van der Waals surface area contributed by atoms with Gasteiger partial charge in [0.05, 0.1) is 5.69 Å². The van der Waals surface area contributed by atoms with Crippen molar-refractivity contribution in [2.24, 2.45) is 0 Å². The summed E-state index contributed by atoms with van der Waals surface area (Å²) in [5, 5.41) is 0. The number of H-pyrrole nitrogens is 1. The normalized spacial score (nSPS) is 10.2. The van der Waals surface area contributed by atoms with E-state index in [0.29, 0.717) is 23.4 Å². The minimum atomic E-state index is -0.112. The number of carbonyl (C=O) groups excluding carboxylic acids is 2. The van der Waals surface area contributed by atoms with Gasteiger partial charge in [-0.05, 0) is 36.4 Å². The third kappa shape index (κ3) is 3.31. The number of ether oxygens (including phenoxy) is 1. The van der Waals surface area contributed by atoms with E-state index in [0.717, 1.165) is 0 Å². The Morgan fingerprint density at radius 3 is 2.42 bits per heavy atom. The van der Waals surface area contributed by atoms with E-state index in [-0.39, 0.29) is 18.2 Å². The van der Waals surface area contributed by atoms with Crippen molar-refractivity contribution in [3.63, 3.8) is 0 Å². The summed E-state index contributed by atoms with van der Waals surface area (Å²) in [6.07, 6.45) is 2.17. The SMILES string of the molecule is CCC(=O)c1ccc(OCC(=O)c2ccc[nH]2)cc1. The van der Waals surface area contributed by atoms with E-state index < -0.39 is 0 Å². The number of hydrogen-bond donors (Lipinski definition) is 1. The summed E-state index contributed by atoms with van der Waals surface area (Å²) in [6.45, 7) is 1.79. The summed E-state index contributed by atoms with van der Waals surface area (Å²) < 4.78 is 5.38. The summed E-state index contributed by atoms with van der Waals surface area (Å²) in [5.74, 6) is 0.556. The minimum absolute atomic E-state index is 0.0262. The third-order valence-electron chi connectivity index (χ3n) is 2.77. The summed E-state index contributed by atoms with van der Waals surface area (Å²) in [5.41, 5.74) is 1.18. The third-order valence-corrected chi connectivity index (χ3v) is 2.77. The predicted molar refractivity (Wildman–Crippen MR) is 71.7 cm³/mol. The Labute approximate surface area is 111 Å². The highest BCUT2D eigenvalue weighted by atomic mass is 16.5. The van der Waals surface area contributed by atoms with Crippen LogP contribution in [0.15, 0.2) is 42.6 Å². The van der Waals surface area contributed by atoms with Crippen molar-refractivity contribution in [1.29, 1.82) is 0 Å². The molecule has 0 aliphatic heterocycles. The van der Waals surface area contributed by atoms with Crippen molar-refractivity contribution in [2.45, 2.75) is 13.3 Å². The molecular weight excluding hydrogens is 242 g/mol.